The first-order chi connectivity index (χ1) is 12.6. The summed E-state index contributed by atoms with van der Waals surface area (Å²) in [4.78, 5) is 30.7. The summed E-state index contributed by atoms with van der Waals surface area (Å²) in [5, 5.41) is 3.81. The molecule has 2 aromatic rings. The van der Waals surface area contributed by atoms with Crippen molar-refractivity contribution in [3.8, 4) is 0 Å². The number of amides is 2. The highest BCUT2D eigenvalue weighted by Gasteiger charge is 2.29. The average Bonchev–Trinajstić information content (AvgIpc) is 3.12. The molecule has 140 valence electrons. The quantitative estimate of drug-likeness (QED) is 0.870. The number of rotatable bonds is 5. The molecule has 1 aromatic carbocycles. The van der Waals surface area contributed by atoms with Crippen LogP contribution in [0.15, 0.2) is 24.3 Å². The molecule has 1 fully saturated rings. The lowest BCUT2D eigenvalue weighted by Gasteiger charge is -2.33. The largest absolute Gasteiger partial charge is 0.453 e. The highest BCUT2D eigenvalue weighted by atomic mass is 32.1. The molecule has 0 aliphatic carbocycles. The minimum absolute atomic E-state index is 0.117. The van der Waals surface area contributed by atoms with Gasteiger partial charge in [-0.15, -0.1) is 11.3 Å². The van der Waals surface area contributed by atoms with E-state index in [-0.39, 0.29) is 11.8 Å². The molecule has 1 atom stereocenters. The van der Waals surface area contributed by atoms with Crippen molar-refractivity contribution in [2.75, 3.05) is 26.7 Å². The Balaban J connectivity index is 1.56. The number of benzene rings is 1. The average molecular weight is 375 g/mol. The second-order valence-corrected chi connectivity index (χ2v) is 7.66. The molecular weight excluding hydrogens is 350 g/mol. The molecule has 1 aliphatic heterocycles. The topological polar surface area (TPSA) is 71.5 Å². The number of fused-ring (bicyclic) bond motifs is 1. The number of methoxy groups -OCH3 is 1. The first-order valence-electron chi connectivity index (χ1n) is 9.08. The van der Waals surface area contributed by atoms with Crippen molar-refractivity contribution in [1.29, 1.82) is 0 Å². The van der Waals surface area contributed by atoms with Crippen molar-refractivity contribution in [1.82, 2.24) is 15.2 Å². The summed E-state index contributed by atoms with van der Waals surface area (Å²) in [5.41, 5.74) is 1.06. The number of nitrogens with one attached hydrogen (secondary N) is 1. The third-order valence-electron chi connectivity index (χ3n) is 4.99. The van der Waals surface area contributed by atoms with Gasteiger partial charge in [0.25, 0.3) is 0 Å². The van der Waals surface area contributed by atoms with Gasteiger partial charge < -0.3 is 15.0 Å². The second-order valence-electron chi connectivity index (χ2n) is 6.60. The molecule has 1 aromatic heterocycles. The number of nitrogens with zero attached hydrogens (tertiary/aromatic N) is 2. The lowest BCUT2D eigenvalue weighted by Crippen LogP contribution is -2.44. The van der Waals surface area contributed by atoms with Crippen LogP contribution in [0.2, 0.25) is 0 Å². The van der Waals surface area contributed by atoms with E-state index in [9.17, 15) is 9.59 Å². The normalized spacial score (nSPS) is 16.5. The number of hydrogen-bond donors (Lipinski definition) is 1. The first-order valence-corrected chi connectivity index (χ1v) is 9.90. The van der Waals surface area contributed by atoms with E-state index >= 15 is 0 Å². The van der Waals surface area contributed by atoms with Crippen molar-refractivity contribution in [2.45, 2.75) is 32.1 Å². The van der Waals surface area contributed by atoms with Crippen molar-refractivity contribution < 1.29 is 14.3 Å². The predicted molar refractivity (Wildman–Crippen MR) is 102 cm³/mol. The number of hydrogen-bond acceptors (Lipinski definition) is 5. The summed E-state index contributed by atoms with van der Waals surface area (Å²) >= 11 is 1.76. The molecule has 0 spiro atoms. The highest BCUT2D eigenvalue weighted by molar-refractivity contribution is 7.18. The van der Waals surface area contributed by atoms with E-state index in [1.807, 2.05) is 30.0 Å². The van der Waals surface area contributed by atoms with Crippen LogP contribution >= 0.6 is 11.3 Å². The van der Waals surface area contributed by atoms with E-state index in [4.69, 9.17) is 4.98 Å². The zero-order chi connectivity index (χ0) is 18.5. The summed E-state index contributed by atoms with van der Waals surface area (Å²) in [7, 11) is 1.32. The highest BCUT2D eigenvalue weighted by Crippen LogP contribution is 2.34. The van der Waals surface area contributed by atoms with Crippen LogP contribution in [0, 0.1) is 5.92 Å². The molecule has 0 radical (unpaired) electrons. The standard InChI is InChI=1S/C19H25N3O3S/c1-3-13(12-20-19(24)25-2)18(23)22-10-8-14(9-11-22)17-21-15-6-4-5-7-16(15)26-17/h4-7,13-14H,3,8-12H2,1-2H3,(H,20,24). The van der Waals surface area contributed by atoms with Crippen LogP contribution < -0.4 is 5.32 Å². The fourth-order valence-corrected chi connectivity index (χ4v) is 4.49. The Labute approximate surface area is 157 Å². The number of likely N-dealkylation sites (tertiary alicyclic amines) is 1. The smallest absolute Gasteiger partial charge is 0.406 e. The molecule has 1 aliphatic rings. The van der Waals surface area contributed by atoms with E-state index < -0.39 is 6.09 Å². The van der Waals surface area contributed by atoms with Crippen LogP contribution in [0.3, 0.4) is 0 Å². The monoisotopic (exact) mass is 375 g/mol. The summed E-state index contributed by atoms with van der Waals surface area (Å²) in [6, 6.07) is 8.21. The Hall–Kier alpha value is -2.15. The van der Waals surface area contributed by atoms with Crippen LogP contribution in [0.4, 0.5) is 4.79 Å². The van der Waals surface area contributed by atoms with E-state index in [0.29, 0.717) is 18.9 Å². The van der Waals surface area contributed by atoms with Crippen LogP contribution in [0.25, 0.3) is 10.2 Å². The van der Waals surface area contributed by atoms with Crippen LogP contribution in [0.5, 0.6) is 0 Å². The first kappa shape index (κ1) is 18.6. The van der Waals surface area contributed by atoms with Gasteiger partial charge in [0.2, 0.25) is 5.91 Å². The third kappa shape index (κ3) is 4.15. The molecule has 3 rings (SSSR count). The Bertz CT molecular complexity index is 735. The molecule has 7 heteroatoms. The Morgan fingerprint density at radius 2 is 2.08 bits per heavy atom. The van der Waals surface area contributed by atoms with E-state index in [1.165, 1.54) is 16.8 Å². The number of thiazole rings is 1. The fourth-order valence-electron chi connectivity index (χ4n) is 3.35. The summed E-state index contributed by atoms with van der Waals surface area (Å²) < 4.78 is 5.80. The minimum Gasteiger partial charge on any atom is -0.453 e. The zero-order valence-electron chi connectivity index (χ0n) is 15.2. The maximum Gasteiger partial charge on any atom is 0.406 e. The van der Waals surface area contributed by atoms with Crippen LogP contribution in [-0.2, 0) is 9.53 Å². The fraction of sp³-hybridized carbons (Fsp3) is 0.526. The molecule has 1 saturated heterocycles. The second kappa shape index (κ2) is 8.49. The summed E-state index contributed by atoms with van der Waals surface area (Å²) in [5.74, 6) is 0.337. The lowest BCUT2D eigenvalue weighted by atomic mass is 9.95. The van der Waals surface area contributed by atoms with Gasteiger partial charge in [-0.25, -0.2) is 9.78 Å². The van der Waals surface area contributed by atoms with Gasteiger partial charge in [-0.05, 0) is 31.4 Å². The SMILES string of the molecule is CCC(CNC(=O)OC)C(=O)N1CCC(c2nc3ccccc3s2)CC1. The number of aromatic nitrogens is 1. The van der Waals surface area contributed by atoms with Crippen molar-refractivity contribution in [2.24, 2.45) is 5.92 Å². The van der Waals surface area contributed by atoms with Gasteiger partial charge >= 0.3 is 6.09 Å². The third-order valence-corrected chi connectivity index (χ3v) is 6.19. The van der Waals surface area contributed by atoms with E-state index in [0.717, 1.165) is 31.4 Å². The Kier molecular flexibility index (Phi) is 6.08. The Morgan fingerprint density at radius 1 is 1.35 bits per heavy atom. The van der Waals surface area contributed by atoms with E-state index in [1.54, 1.807) is 11.3 Å². The molecular formula is C19H25N3O3S. The molecule has 2 amide bonds. The van der Waals surface area contributed by atoms with Gasteiger partial charge in [0.15, 0.2) is 0 Å². The number of ether oxygens (including phenoxy) is 1. The molecule has 6 nitrogen and oxygen atoms in total. The van der Waals surface area contributed by atoms with Gasteiger partial charge in [0, 0.05) is 25.6 Å². The van der Waals surface area contributed by atoms with Crippen molar-refractivity contribution in [3.05, 3.63) is 29.3 Å². The van der Waals surface area contributed by atoms with E-state index in [2.05, 4.69) is 16.1 Å². The number of carbonyl (C=O) groups is 2. The van der Waals surface area contributed by atoms with Crippen LogP contribution in [-0.4, -0.2) is 48.6 Å². The number of carbonyl (C=O) groups excluding carboxylic acids is 2. The van der Waals surface area contributed by atoms with Gasteiger partial charge in [0.1, 0.15) is 0 Å². The van der Waals surface area contributed by atoms with Gasteiger partial charge in [-0.1, -0.05) is 19.1 Å². The van der Waals surface area contributed by atoms with Crippen molar-refractivity contribution >= 4 is 33.6 Å². The molecule has 26 heavy (non-hydrogen) atoms. The predicted octanol–water partition coefficient (Wildman–Crippen LogP) is 3.38. The van der Waals surface area contributed by atoms with Gasteiger partial charge in [-0.2, -0.15) is 0 Å². The molecule has 0 saturated carbocycles. The van der Waals surface area contributed by atoms with Crippen LogP contribution in [0.1, 0.15) is 37.1 Å². The van der Waals surface area contributed by atoms with Gasteiger partial charge in [-0.3, -0.25) is 4.79 Å². The number of para-hydroxylation sites is 1. The molecule has 2 heterocycles. The van der Waals surface area contributed by atoms with Crippen molar-refractivity contribution in [3.63, 3.8) is 0 Å². The maximum absolute atomic E-state index is 12.7. The zero-order valence-corrected chi connectivity index (χ0v) is 16.1. The van der Waals surface area contributed by atoms with Gasteiger partial charge in [0.05, 0.1) is 28.3 Å². The molecule has 0 bridgehead atoms. The Morgan fingerprint density at radius 3 is 2.73 bits per heavy atom. The summed E-state index contributed by atoms with van der Waals surface area (Å²) in [6.07, 6.45) is 2.07. The minimum atomic E-state index is -0.495. The summed E-state index contributed by atoms with van der Waals surface area (Å²) in [6.45, 7) is 3.78. The maximum atomic E-state index is 12.7. The molecule has 1 N–H and O–H groups in total. The number of piperidine rings is 1. The number of alkyl carbamates (subject to hydrolysis) is 1. The molecule has 1 unspecified atom stereocenters. The lowest BCUT2D eigenvalue weighted by molar-refractivity contribution is -0.136.